The third-order valence-corrected chi connectivity index (χ3v) is 11.9. The minimum Gasteiger partial charge on any atom is -0.462 e. The molecule has 0 radical (unpaired) electrons. The highest BCUT2D eigenvalue weighted by molar-refractivity contribution is 5.71. The van der Waals surface area contributed by atoms with Crippen LogP contribution in [0.2, 0.25) is 0 Å². The Balaban J connectivity index is 4.52. The highest BCUT2D eigenvalue weighted by Gasteiger charge is 2.19. The highest BCUT2D eigenvalue weighted by Crippen LogP contribution is 2.14. The van der Waals surface area contributed by atoms with Crippen LogP contribution < -0.4 is 0 Å². The van der Waals surface area contributed by atoms with Gasteiger partial charge in [0.1, 0.15) is 13.2 Å². The molecule has 0 aromatic rings. The van der Waals surface area contributed by atoms with Gasteiger partial charge in [0.2, 0.25) is 0 Å². The molecule has 6 nitrogen and oxygen atoms in total. The summed E-state index contributed by atoms with van der Waals surface area (Å²) in [5.41, 5.74) is 0. The van der Waals surface area contributed by atoms with E-state index in [0.29, 0.717) is 19.3 Å². The van der Waals surface area contributed by atoms with Crippen molar-refractivity contribution in [2.24, 2.45) is 0 Å². The average molecular weight is 984 g/mol. The number of hydrogen-bond acceptors (Lipinski definition) is 6. The Kier molecular flexibility index (Phi) is 54.9. The molecule has 0 saturated carbocycles. The van der Waals surface area contributed by atoms with Gasteiger partial charge in [-0.25, -0.2) is 0 Å². The molecular formula is C65H106O6. The van der Waals surface area contributed by atoms with Crippen molar-refractivity contribution in [3.05, 3.63) is 122 Å². The third-order valence-electron chi connectivity index (χ3n) is 11.9. The molecule has 0 rings (SSSR count). The molecule has 0 amide bonds. The molecule has 402 valence electrons. The molecule has 0 aliphatic rings. The van der Waals surface area contributed by atoms with Crippen molar-refractivity contribution < 1.29 is 28.6 Å². The zero-order valence-corrected chi connectivity index (χ0v) is 45.9. The van der Waals surface area contributed by atoms with Gasteiger partial charge >= 0.3 is 17.9 Å². The fraction of sp³-hybridized carbons (Fsp3) is 0.646. The minimum atomic E-state index is -0.817. The molecule has 0 aromatic heterocycles. The first kappa shape index (κ1) is 66.8. The van der Waals surface area contributed by atoms with E-state index in [1.54, 1.807) is 0 Å². The van der Waals surface area contributed by atoms with Crippen molar-refractivity contribution in [1.82, 2.24) is 0 Å². The molecule has 0 spiro atoms. The summed E-state index contributed by atoms with van der Waals surface area (Å²) in [4.78, 5) is 38.2. The number of hydrogen-bond donors (Lipinski definition) is 0. The van der Waals surface area contributed by atoms with Gasteiger partial charge in [-0.15, -0.1) is 0 Å². The third kappa shape index (κ3) is 56.6. The first-order valence-electron chi connectivity index (χ1n) is 29.0. The number of ether oxygens (including phenoxy) is 3. The number of esters is 3. The maximum Gasteiger partial charge on any atom is 0.306 e. The summed E-state index contributed by atoms with van der Waals surface area (Å²) < 4.78 is 16.8. The predicted molar refractivity (Wildman–Crippen MR) is 306 cm³/mol. The van der Waals surface area contributed by atoms with Crippen LogP contribution in [0.5, 0.6) is 0 Å². The number of rotatable bonds is 51. The van der Waals surface area contributed by atoms with Gasteiger partial charge in [0.25, 0.3) is 0 Å². The second-order valence-corrected chi connectivity index (χ2v) is 18.8. The lowest BCUT2D eigenvalue weighted by atomic mass is 10.1. The maximum atomic E-state index is 12.9. The predicted octanol–water partition coefficient (Wildman–Crippen LogP) is 19.6. The molecule has 0 saturated heterocycles. The topological polar surface area (TPSA) is 78.9 Å². The smallest absolute Gasteiger partial charge is 0.306 e. The standard InChI is InChI=1S/C65H106O6/c1-4-7-10-13-16-19-22-25-28-30-32-34-37-40-43-46-49-52-55-58-64(67)70-61-62(60-69-63(66)57-54-51-48-45-42-39-36-27-24-21-18-15-12-9-6-3)71-65(68)59-56-53-50-47-44-41-38-35-33-31-29-26-23-20-17-14-11-8-5-2/h7-8,10-11,16-17,19-21,24-26,28-29,32,34,40,43,49,52,62H,4-6,9,12-15,18,22-23,27,30-31,33,35-39,41-42,44-48,50-51,53-61H2,1-3H3/b10-7-,11-8-,19-16-,20-17-,24-21-,28-25-,29-26-,34-32-,43-40-,52-49-. The summed E-state index contributed by atoms with van der Waals surface area (Å²) in [6.07, 6.45) is 80.5. The van der Waals surface area contributed by atoms with Crippen LogP contribution in [-0.2, 0) is 28.6 Å². The van der Waals surface area contributed by atoms with Crippen molar-refractivity contribution in [3.63, 3.8) is 0 Å². The number of unbranched alkanes of at least 4 members (excludes halogenated alkanes) is 20. The van der Waals surface area contributed by atoms with E-state index in [0.717, 1.165) is 103 Å². The van der Waals surface area contributed by atoms with E-state index < -0.39 is 6.10 Å². The number of carbonyl (C=O) groups excluding carboxylic acids is 3. The molecule has 0 aliphatic carbocycles. The molecule has 71 heavy (non-hydrogen) atoms. The normalized spacial score (nSPS) is 13.0. The Morgan fingerprint density at radius 3 is 0.958 bits per heavy atom. The van der Waals surface area contributed by atoms with Crippen molar-refractivity contribution >= 4 is 17.9 Å². The summed E-state index contributed by atoms with van der Waals surface area (Å²) >= 11 is 0. The van der Waals surface area contributed by atoms with Gasteiger partial charge in [-0.1, -0.05) is 239 Å². The fourth-order valence-corrected chi connectivity index (χ4v) is 7.65. The largest absolute Gasteiger partial charge is 0.462 e. The Labute approximate surface area is 437 Å². The van der Waals surface area contributed by atoms with Crippen molar-refractivity contribution in [2.45, 2.75) is 258 Å². The molecular weight excluding hydrogens is 877 g/mol. The lowest BCUT2D eigenvalue weighted by Gasteiger charge is -2.18. The molecule has 6 heteroatoms. The Morgan fingerprint density at radius 2 is 0.577 bits per heavy atom. The van der Waals surface area contributed by atoms with Gasteiger partial charge < -0.3 is 14.2 Å². The van der Waals surface area contributed by atoms with Crippen LogP contribution in [0.15, 0.2) is 122 Å². The second kappa shape index (κ2) is 58.4. The van der Waals surface area contributed by atoms with Gasteiger partial charge in [-0.05, 0) is 116 Å². The quantitative estimate of drug-likeness (QED) is 0.0261. The summed E-state index contributed by atoms with van der Waals surface area (Å²) in [6.45, 7) is 6.33. The average Bonchev–Trinajstić information content (AvgIpc) is 3.37. The highest BCUT2D eigenvalue weighted by atomic mass is 16.6. The van der Waals surface area contributed by atoms with E-state index in [4.69, 9.17) is 14.2 Å². The molecule has 0 bridgehead atoms. The fourth-order valence-electron chi connectivity index (χ4n) is 7.65. The van der Waals surface area contributed by atoms with Crippen LogP contribution in [0.1, 0.15) is 252 Å². The summed E-state index contributed by atoms with van der Waals surface area (Å²) in [6, 6.07) is 0. The molecule has 1 unspecified atom stereocenters. The Bertz CT molecular complexity index is 1500. The summed E-state index contributed by atoms with van der Waals surface area (Å²) in [5.74, 6) is -1.01. The summed E-state index contributed by atoms with van der Waals surface area (Å²) in [7, 11) is 0. The van der Waals surface area contributed by atoms with Crippen LogP contribution in [0.25, 0.3) is 0 Å². The first-order valence-corrected chi connectivity index (χ1v) is 29.0. The molecule has 0 fully saturated rings. The van der Waals surface area contributed by atoms with Gasteiger partial charge in [0.15, 0.2) is 6.10 Å². The van der Waals surface area contributed by atoms with Crippen LogP contribution in [0, 0.1) is 0 Å². The molecule has 0 heterocycles. The summed E-state index contributed by atoms with van der Waals surface area (Å²) in [5, 5.41) is 0. The van der Waals surface area contributed by atoms with Crippen LogP contribution in [-0.4, -0.2) is 37.2 Å². The van der Waals surface area contributed by atoms with E-state index >= 15 is 0 Å². The van der Waals surface area contributed by atoms with Gasteiger partial charge in [-0.2, -0.15) is 0 Å². The zero-order chi connectivity index (χ0) is 51.4. The second-order valence-electron chi connectivity index (χ2n) is 18.8. The molecule has 0 aliphatic heterocycles. The molecule has 0 N–H and O–H groups in total. The number of carbonyl (C=O) groups is 3. The Hall–Kier alpha value is -4.19. The van der Waals surface area contributed by atoms with Crippen LogP contribution >= 0.6 is 0 Å². The maximum absolute atomic E-state index is 12.9. The van der Waals surface area contributed by atoms with Crippen molar-refractivity contribution in [3.8, 4) is 0 Å². The minimum absolute atomic E-state index is 0.108. The lowest BCUT2D eigenvalue weighted by molar-refractivity contribution is -0.166. The van der Waals surface area contributed by atoms with Gasteiger partial charge in [0.05, 0.1) is 0 Å². The van der Waals surface area contributed by atoms with E-state index in [1.807, 2.05) is 6.08 Å². The molecule has 0 aromatic carbocycles. The van der Waals surface area contributed by atoms with Crippen molar-refractivity contribution in [1.29, 1.82) is 0 Å². The van der Waals surface area contributed by atoms with Crippen LogP contribution in [0.3, 0.4) is 0 Å². The first-order chi connectivity index (χ1) is 35.0. The lowest BCUT2D eigenvalue weighted by Crippen LogP contribution is -2.30. The van der Waals surface area contributed by atoms with Crippen molar-refractivity contribution in [2.75, 3.05) is 13.2 Å². The van der Waals surface area contributed by atoms with E-state index in [9.17, 15) is 14.4 Å². The van der Waals surface area contributed by atoms with Crippen LogP contribution in [0.4, 0.5) is 0 Å². The van der Waals surface area contributed by atoms with E-state index in [1.165, 1.54) is 103 Å². The monoisotopic (exact) mass is 983 g/mol. The van der Waals surface area contributed by atoms with E-state index in [-0.39, 0.29) is 37.5 Å². The molecule has 1 atom stereocenters. The zero-order valence-electron chi connectivity index (χ0n) is 45.9. The van der Waals surface area contributed by atoms with Gasteiger partial charge in [0, 0.05) is 19.3 Å². The number of allylic oxidation sites excluding steroid dienone is 20. The Morgan fingerprint density at radius 1 is 0.296 bits per heavy atom. The van der Waals surface area contributed by atoms with Gasteiger partial charge in [-0.3, -0.25) is 14.4 Å². The van der Waals surface area contributed by atoms with E-state index in [2.05, 4.69) is 136 Å². The SMILES string of the molecule is CC/C=C\C/C=C\C/C=C\C/C=C\C/C=C\C/C=C\CCC(=O)OCC(COC(=O)CCCCCCCCC/C=C\CCCCCC)OC(=O)CCCCCCCCCCC/C=C\C/C=C\C/C=C\CC.